The second kappa shape index (κ2) is 5.82. The normalized spacial score (nSPS) is 11.3. The van der Waals surface area contributed by atoms with Gasteiger partial charge in [-0.15, -0.1) is 0 Å². The summed E-state index contributed by atoms with van der Waals surface area (Å²) in [5, 5.41) is 3.30. The quantitative estimate of drug-likeness (QED) is 0.588. The molecule has 0 aromatic heterocycles. The van der Waals surface area contributed by atoms with E-state index in [1.807, 2.05) is 38.1 Å². The van der Waals surface area contributed by atoms with Crippen molar-refractivity contribution in [1.29, 1.82) is 0 Å². The lowest BCUT2D eigenvalue weighted by Crippen LogP contribution is -2.32. The molecule has 3 N–H and O–H groups in total. The summed E-state index contributed by atoms with van der Waals surface area (Å²) in [6.07, 6.45) is 2.00. The number of rotatable bonds is 6. The molecule has 0 atom stereocenters. The monoisotopic (exact) mass is 234 g/mol. The van der Waals surface area contributed by atoms with Gasteiger partial charge in [-0.05, 0) is 45.7 Å². The van der Waals surface area contributed by atoms with Crippen LogP contribution >= 0.6 is 0 Å². The van der Waals surface area contributed by atoms with Crippen LogP contribution in [0.4, 0.5) is 5.69 Å². The summed E-state index contributed by atoms with van der Waals surface area (Å²) in [5.41, 5.74) is 7.54. The summed E-state index contributed by atoms with van der Waals surface area (Å²) >= 11 is 0. The predicted molar refractivity (Wildman–Crippen MR) is 72.4 cm³/mol. The fraction of sp³-hybridized carbons (Fsp3) is 0.500. The Morgan fingerprint density at radius 1 is 1.41 bits per heavy atom. The molecular weight excluding hydrogens is 212 g/mol. The largest absolute Gasteiger partial charge is 0.385 e. The molecule has 0 aliphatic carbocycles. The van der Waals surface area contributed by atoms with Crippen LogP contribution in [0.25, 0.3) is 0 Å². The highest BCUT2D eigenvalue weighted by Gasteiger charge is 2.09. The Morgan fingerprint density at radius 3 is 2.71 bits per heavy atom. The number of benzene rings is 1. The molecule has 1 aromatic carbocycles. The molecule has 3 heteroatoms. The first-order valence-electron chi connectivity index (χ1n) is 6.02. The first kappa shape index (κ1) is 13.7. The van der Waals surface area contributed by atoms with Crippen LogP contribution in [-0.2, 0) is 0 Å². The van der Waals surface area contributed by atoms with Crippen LogP contribution in [0.15, 0.2) is 24.3 Å². The van der Waals surface area contributed by atoms with Gasteiger partial charge in [-0.2, -0.15) is 0 Å². The van der Waals surface area contributed by atoms with Crippen LogP contribution in [0.5, 0.6) is 0 Å². The number of nitrogens with one attached hydrogen (secondary N) is 1. The third kappa shape index (κ3) is 5.50. The maximum absolute atomic E-state index is 11.2. The SMILES string of the molecule is CC(=O)c1cccc(NCCCC(C)(C)N)c1. The second-order valence-corrected chi connectivity index (χ2v) is 5.16. The van der Waals surface area contributed by atoms with Crippen LogP contribution in [0.3, 0.4) is 0 Å². The molecule has 0 radical (unpaired) electrons. The van der Waals surface area contributed by atoms with E-state index in [4.69, 9.17) is 5.73 Å². The number of nitrogens with two attached hydrogens (primary N) is 1. The summed E-state index contributed by atoms with van der Waals surface area (Å²) in [6.45, 7) is 6.52. The minimum absolute atomic E-state index is 0.0942. The summed E-state index contributed by atoms with van der Waals surface area (Å²) in [5.74, 6) is 0.0942. The average molecular weight is 234 g/mol. The van der Waals surface area contributed by atoms with Crippen molar-refractivity contribution < 1.29 is 4.79 Å². The molecule has 0 aliphatic rings. The van der Waals surface area contributed by atoms with Crippen molar-refractivity contribution in [2.45, 2.75) is 39.2 Å². The lowest BCUT2D eigenvalue weighted by Gasteiger charge is -2.18. The zero-order chi connectivity index (χ0) is 12.9. The molecule has 0 saturated carbocycles. The van der Waals surface area contributed by atoms with Gasteiger partial charge in [0.25, 0.3) is 0 Å². The standard InChI is InChI=1S/C14H22N2O/c1-11(17)12-6-4-7-13(10-12)16-9-5-8-14(2,3)15/h4,6-7,10,16H,5,8-9,15H2,1-3H3. The molecule has 94 valence electrons. The summed E-state index contributed by atoms with van der Waals surface area (Å²) in [7, 11) is 0. The van der Waals surface area contributed by atoms with Crippen LogP contribution in [0.2, 0.25) is 0 Å². The molecule has 1 rings (SSSR count). The van der Waals surface area contributed by atoms with Gasteiger partial charge in [-0.25, -0.2) is 0 Å². The van der Waals surface area contributed by atoms with E-state index in [0.717, 1.165) is 30.6 Å². The van der Waals surface area contributed by atoms with Crippen molar-refractivity contribution >= 4 is 11.5 Å². The molecule has 0 unspecified atom stereocenters. The summed E-state index contributed by atoms with van der Waals surface area (Å²) < 4.78 is 0. The van der Waals surface area contributed by atoms with Gasteiger partial charge in [-0.3, -0.25) is 4.79 Å². The number of anilines is 1. The lowest BCUT2D eigenvalue weighted by atomic mass is 10.0. The predicted octanol–water partition coefficient (Wildman–Crippen LogP) is 2.82. The molecular formula is C14H22N2O. The van der Waals surface area contributed by atoms with Gasteiger partial charge in [0.15, 0.2) is 5.78 Å². The fourth-order valence-corrected chi connectivity index (χ4v) is 1.62. The van der Waals surface area contributed by atoms with E-state index < -0.39 is 0 Å². The first-order chi connectivity index (χ1) is 7.88. The first-order valence-corrected chi connectivity index (χ1v) is 6.02. The lowest BCUT2D eigenvalue weighted by molar-refractivity contribution is 0.101. The van der Waals surface area contributed by atoms with Crippen LogP contribution in [0, 0.1) is 0 Å². The van der Waals surface area contributed by atoms with Gasteiger partial charge in [0.05, 0.1) is 0 Å². The van der Waals surface area contributed by atoms with Crippen LogP contribution < -0.4 is 11.1 Å². The molecule has 17 heavy (non-hydrogen) atoms. The van der Waals surface area contributed by atoms with E-state index >= 15 is 0 Å². The summed E-state index contributed by atoms with van der Waals surface area (Å²) in [6, 6.07) is 7.58. The number of hydrogen-bond donors (Lipinski definition) is 2. The zero-order valence-electron chi connectivity index (χ0n) is 10.9. The van der Waals surface area contributed by atoms with E-state index in [0.29, 0.717) is 0 Å². The van der Waals surface area contributed by atoms with Gasteiger partial charge in [0.1, 0.15) is 0 Å². The Kier molecular flexibility index (Phi) is 4.70. The third-order valence-electron chi connectivity index (χ3n) is 2.60. The van der Waals surface area contributed by atoms with Crippen molar-refractivity contribution in [3.63, 3.8) is 0 Å². The van der Waals surface area contributed by atoms with Crippen molar-refractivity contribution in [3.8, 4) is 0 Å². The molecule has 0 bridgehead atoms. The Morgan fingerprint density at radius 2 is 2.12 bits per heavy atom. The number of hydrogen-bond acceptors (Lipinski definition) is 3. The van der Waals surface area contributed by atoms with Crippen molar-refractivity contribution in [2.75, 3.05) is 11.9 Å². The topological polar surface area (TPSA) is 55.1 Å². The number of ketones is 1. The van der Waals surface area contributed by atoms with Gasteiger partial charge in [-0.1, -0.05) is 12.1 Å². The molecule has 0 heterocycles. The van der Waals surface area contributed by atoms with Gasteiger partial charge in [0, 0.05) is 23.3 Å². The van der Waals surface area contributed by atoms with Crippen molar-refractivity contribution in [1.82, 2.24) is 0 Å². The highest BCUT2D eigenvalue weighted by Crippen LogP contribution is 2.12. The molecule has 0 aliphatic heterocycles. The van der Waals surface area contributed by atoms with Gasteiger partial charge in [0.2, 0.25) is 0 Å². The smallest absolute Gasteiger partial charge is 0.159 e. The minimum atomic E-state index is -0.108. The zero-order valence-corrected chi connectivity index (χ0v) is 10.9. The Balaban J connectivity index is 2.42. The van der Waals surface area contributed by atoms with E-state index in [-0.39, 0.29) is 11.3 Å². The van der Waals surface area contributed by atoms with Gasteiger partial charge < -0.3 is 11.1 Å². The fourth-order valence-electron chi connectivity index (χ4n) is 1.62. The average Bonchev–Trinajstić information content (AvgIpc) is 2.23. The minimum Gasteiger partial charge on any atom is -0.385 e. The van der Waals surface area contributed by atoms with E-state index in [1.165, 1.54) is 0 Å². The van der Waals surface area contributed by atoms with E-state index in [9.17, 15) is 4.79 Å². The second-order valence-electron chi connectivity index (χ2n) is 5.16. The highest BCUT2D eigenvalue weighted by molar-refractivity contribution is 5.94. The molecule has 0 amide bonds. The highest BCUT2D eigenvalue weighted by atomic mass is 16.1. The number of Topliss-reactive ketones (excluding diaryl/α,β-unsaturated/α-hetero) is 1. The molecule has 3 nitrogen and oxygen atoms in total. The van der Waals surface area contributed by atoms with Crippen LogP contribution in [0.1, 0.15) is 44.0 Å². The van der Waals surface area contributed by atoms with Gasteiger partial charge >= 0.3 is 0 Å². The number of carbonyl (C=O) groups is 1. The molecule has 1 aromatic rings. The molecule has 0 saturated heterocycles. The Labute approximate surface area is 103 Å². The third-order valence-corrected chi connectivity index (χ3v) is 2.60. The Hall–Kier alpha value is -1.35. The van der Waals surface area contributed by atoms with Crippen molar-refractivity contribution in [3.05, 3.63) is 29.8 Å². The van der Waals surface area contributed by atoms with Crippen molar-refractivity contribution in [2.24, 2.45) is 5.73 Å². The number of carbonyl (C=O) groups excluding carboxylic acids is 1. The molecule has 0 spiro atoms. The van der Waals surface area contributed by atoms with Crippen LogP contribution in [-0.4, -0.2) is 17.9 Å². The Bertz CT molecular complexity index is 380. The van der Waals surface area contributed by atoms with E-state index in [1.54, 1.807) is 6.92 Å². The summed E-state index contributed by atoms with van der Waals surface area (Å²) in [4.78, 5) is 11.2. The molecule has 0 fully saturated rings. The maximum Gasteiger partial charge on any atom is 0.159 e. The van der Waals surface area contributed by atoms with E-state index in [2.05, 4.69) is 5.32 Å². The maximum atomic E-state index is 11.2.